The summed E-state index contributed by atoms with van der Waals surface area (Å²) >= 11 is 0. The van der Waals surface area contributed by atoms with Crippen molar-refractivity contribution in [2.75, 3.05) is 17.2 Å². The molecule has 1 aliphatic rings. The minimum atomic E-state index is -0.268. The number of rotatable bonds is 5. The Hall–Kier alpha value is -4.33. The number of fused-ring (bicyclic) bond motifs is 2. The number of pyridine rings is 1. The number of imidazole rings is 1. The van der Waals surface area contributed by atoms with Crippen molar-refractivity contribution in [3.63, 3.8) is 0 Å². The van der Waals surface area contributed by atoms with Gasteiger partial charge in [-0.25, -0.2) is 4.98 Å². The van der Waals surface area contributed by atoms with Gasteiger partial charge in [-0.3, -0.25) is 9.59 Å². The Bertz CT molecular complexity index is 1330. The summed E-state index contributed by atoms with van der Waals surface area (Å²) in [4.78, 5) is 28.6. The number of amides is 2. The molecule has 160 valence electrons. The predicted molar refractivity (Wildman–Crippen MR) is 119 cm³/mol. The van der Waals surface area contributed by atoms with Gasteiger partial charge in [0.25, 0.3) is 11.8 Å². The van der Waals surface area contributed by atoms with Crippen molar-refractivity contribution < 1.29 is 19.1 Å². The van der Waals surface area contributed by atoms with Crippen LogP contribution in [0.4, 0.5) is 11.4 Å². The fourth-order valence-corrected chi connectivity index (χ4v) is 3.45. The van der Waals surface area contributed by atoms with Crippen LogP contribution in [0.15, 0.2) is 67.0 Å². The van der Waals surface area contributed by atoms with E-state index in [2.05, 4.69) is 15.6 Å². The third-order valence-electron chi connectivity index (χ3n) is 5.02. The van der Waals surface area contributed by atoms with Crippen molar-refractivity contribution in [2.45, 2.75) is 13.5 Å². The fraction of sp³-hybridized carbons (Fsp3) is 0.125. The first-order valence-corrected chi connectivity index (χ1v) is 10.1. The van der Waals surface area contributed by atoms with E-state index in [1.165, 1.54) is 0 Å². The molecule has 0 aliphatic carbocycles. The van der Waals surface area contributed by atoms with E-state index in [1.54, 1.807) is 42.5 Å². The summed E-state index contributed by atoms with van der Waals surface area (Å²) in [6, 6.07) is 16.0. The summed E-state index contributed by atoms with van der Waals surface area (Å²) < 4.78 is 13.1. The molecule has 2 amide bonds. The number of benzene rings is 2. The second-order valence-corrected chi connectivity index (χ2v) is 7.52. The van der Waals surface area contributed by atoms with Crippen LogP contribution in [0, 0.1) is 6.92 Å². The van der Waals surface area contributed by atoms with E-state index in [0.717, 1.165) is 16.9 Å². The number of aryl methyl sites for hydroxylation is 1. The van der Waals surface area contributed by atoms with E-state index in [1.807, 2.05) is 35.9 Å². The number of carbonyl (C=O) groups excluding carboxylic acids is 2. The minimum Gasteiger partial charge on any atom is -0.487 e. The lowest BCUT2D eigenvalue weighted by Gasteiger charge is -2.18. The van der Waals surface area contributed by atoms with Gasteiger partial charge in [0.1, 0.15) is 23.8 Å². The van der Waals surface area contributed by atoms with E-state index < -0.39 is 0 Å². The smallest absolute Gasteiger partial charge is 0.262 e. The second kappa shape index (κ2) is 8.07. The van der Waals surface area contributed by atoms with Crippen molar-refractivity contribution in [1.82, 2.24) is 9.38 Å². The molecule has 0 atom stereocenters. The molecule has 8 nitrogen and oxygen atoms in total. The molecular weight excluding hydrogens is 408 g/mol. The van der Waals surface area contributed by atoms with Crippen molar-refractivity contribution in [3.8, 4) is 11.5 Å². The standard InChI is InChI=1S/C24H20N4O4/c1-15-2-9-22-25-18(12-28(22)11-15)13-31-19-6-3-16(4-7-19)24(30)26-17-5-8-21-20(10-17)27-23(29)14-32-21/h2-12H,13-14H2,1H3,(H,26,30)(H,27,29). The van der Waals surface area contributed by atoms with Crippen LogP contribution < -0.4 is 20.1 Å². The summed E-state index contributed by atoms with van der Waals surface area (Å²) in [7, 11) is 0. The first-order valence-electron chi connectivity index (χ1n) is 10.1. The van der Waals surface area contributed by atoms with Crippen molar-refractivity contribution in [2.24, 2.45) is 0 Å². The van der Waals surface area contributed by atoms with Crippen molar-refractivity contribution in [3.05, 3.63) is 83.8 Å². The Morgan fingerprint density at radius 3 is 2.84 bits per heavy atom. The normalized spacial score (nSPS) is 12.6. The van der Waals surface area contributed by atoms with E-state index >= 15 is 0 Å². The van der Waals surface area contributed by atoms with Crippen LogP contribution in [0.1, 0.15) is 21.6 Å². The molecule has 1 aliphatic heterocycles. The highest BCUT2D eigenvalue weighted by molar-refractivity contribution is 6.05. The van der Waals surface area contributed by atoms with Gasteiger partial charge in [-0.1, -0.05) is 6.07 Å². The number of anilines is 2. The quantitative estimate of drug-likeness (QED) is 0.504. The first kappa shape index (κ1) is 19.6. The molecular formula is C24H20N4O4. The molecule has 32 heavy (non-hydrogen) atoms. The lowest BCUT2D eigenvalue weighted by Crippen LogP contribution is -2.25. The molecule has 0 saturated carbocycles. The zero-order chi connectivity index (χ0) is 22.1. The average molecular weight is 428 g/mol. The largest absolute Gasteiger partial charge is 0.487 e. The van der Waals surface area contributed by atoms with Crippen molar-refractivity contribution >= 4 is 28.8 Å². The number of nitrogens with one attached hydrogen (secondary N) is 2. The molecule has 5 rings (SSSR count). The van der Waals surface area contributed by atoms with E-state index in [4.69, 9.17) is 9.47 Å². The first-order chi connectivity index (χ1) is 15.5. The Balaban J connectivity index is 1.21. The van der Waals surface area contributed by atoms with Crippen LogP contribution in [0.25, 0.3) is 5.65 Å². The second-order valence-electron chi connectivity index (χ2n) is 7.52. The third-order valence-corrected chi connectivity index (χ3v) is 5.02. The Kier molecular flexibility index (Phi) is 4.95. The molecule has 0 spiro atoms. The third kappa shape index (κ3) is 4.11. The van der Waals surface area contributed by atoms with Gasteiger partial charge >= 0.3 is 0 Å². The van der Waals surface area contributed by atoms with E-state index in [-0.39, 0.29) is 18.4 Å². The monoisotopic (exact) mass is 428 g/mol. The van der Waals surface area contributed by atoms with Gasteiger partial charge in [0.15, 0.2) is 6.61 Å². The van der Waals surface area contributed by atoms with Gasteiger partial charge in [-0.2, -0.15) is 0 Å². The lowest BCUT2D eigenvalue weighted by molar-refractivity contribution is -0.118. The molecule has 2 aromatic heterocycles. The fourth-order valence-electron chi connectivity index (χ4n) is 3.45. The van der Waals surface area contributed by atoms with Gasteiger partial charge < -0.3 is 24.5 Å². The molecule has 0 saturated heterocycles. The predicted octanol–water partition coefficient (Wildman–Crippen LogP) is 3.80. The Morgan fingerprint density at radius 1 is 1.16 bits per heavy atom. The van der Waals surface area contributed by atoms with Crippen LogP contribution in [0.5, 0.6) is 11.5 Å². The van der Waals surface area contributed by atoms with Crippen molar-refractivity contribution in [1.29, 1.82) is 0 Å². The maximum atomic E-state index is 12.6. The summed E-state index contributed by atoms with van der Waals surface area (Å²) in [5, 5.41) is 5.54. The maximum Gasteiger partial charge on any atom is 0.262 e. The molecule has 2 aromatic carbocycles. The maximum absolute atomic E-state index is 12.6. The highest BCUT2D eigenvalue weighted by Gasteiger charge is 2.16. The lowest BCUT2D eigenvalue weighted by atomic mass is 10.2. The SMILES string of the molecule is Cc1ccc2nc(COc3ccc(C(=O)Nc4ccc5c(c4)NC(=O)CO5)cc3)cn2c1. The van der Waals surface area contributed by atoms with E-state index in [0.29, 0.717) is 35.0 Å². The zero-order valence-electron chi connectivity index (χ0n) is 17.3. The zero-order valence-corrected chi connectivity index (χ0v) is 17.3. The van der Waals surface area contributed by atoms with Gasteiger partial charge in [-0.05, 0) is 61.0 Å². The number of ether oxygens (including phenoxy) is 2. The molecule has 8 heteroatoms. The topological polar surface area (TPSA) is 94.0 Å². The summed E-state index contributed by atoms with van der Waals surface area (Å²) in [5.41, 5.74) is 4.42. The molecule has 3 heterocycles. The van der Waals surface area contributed by atoms with Gasteiger partial charge in [-0.15, -0.1) is 0 Å². The van der Waals surface area contributed by atoms with Crippen LogP contribution in [-0.4, -0.2) is 27.8 Å². The Labute approximate surface area is 183 Å². The van der Waals surface area contributed by atoms with E-state index in [9.17, 15) is 9.59 Å². The number of nitrogens with zero attached hydrogens (tertiary/aromatic N) is 2. The highest BCUT2D eigenvalue weighted by Crippen LogP contribution is 2.30. The minimum absolute atomic E-state index is 0.00997. The molecule has 0 fully saturated rings. The van der Waals surface area contributed by atoms with Gasteiger partial charge in [0.2, 0.25) is 0 Å². The van der Waals surface area contributed by atoms with Gasteiger partial charge in [0.05, 0.1) is 11.4 Å². The molecule has 0 bridgehead atoms. The van der Waals surface area contributed by atoms with Crippen LogP contribution >= 0.6 is 0 Å². The van der Waals surface area contributed by atoms with Crippen LogP contribution in [0.2, 0.25) is 0 Å². The number of hydrogen-bond donors (Lipinski definition) is 2. The molecule has 4 aromatic rings. The molecule has 0 radical (unpaired) electrons. The average Bonchev–Trinajstić information content (AvgIpc) is 3.19. The summed E-state index contributed by atoms with van der Waals surface area (Å²) in [6.45, 7) is 2.35. The number of carbonyl (C=O) groups is 2. The van der Waals surface area contributed by atoms with Crippen LogP contribution in [0.3, 0.4) is 0 Å². The highest BCUT2D eigenvalue weighted by atomic mass is 16.5. The summed E-state index contributed by atoms with van der Waals surface area (Å²) in [6.07, 6.45) is 3.96. The molecule has 2 N–H and O–H groups in total. The van der Waals surface area contributed by atoms with Gasteiger partial charge in [0, 0.05) is 23.6 Å². The van der Waals surface area contributed by atoms with Crippen LogP contribution in [-0.2, 0) is 11.4 Å². The number of aromatic nitrogens is 2. The molecule has 0 unspecified atom stereocenters. The Morgan fingerprint density at radius 2 is 2.00 bits per heavy atom. The number of hydrogen-bond acceptors (Lipinski definition) is 5. The summed E-state index contributed by atoms with van der Waals surface area (Å²) in [5.74, 6) is 0.721.